The van der Waals surface area contributed by atoms with Crippen LogP contribution in [-0.4, -0.2) is 15.7 Å². The second-order valence-corrected chi connectivity index (χ2v) is 4.77. The average molecular weight is 214 g/mol. The molecule has 0 aliphatic carbocycles. The van der Waals surface area contributed by atoms with Gasteiger partial charge < -0.3 is 10.8 Å². The van der Waals surface area contributed by atoms with E-state index in [1.807, 2.05) is 30.3 Å². The second-order valence-electron chi connectivity index (χ2n) is 4.03. The maximum atomic E-state index is 9.65. The van der Waals surface area contributed by atoms with Gasteiger partial charge in [-0.25, -0.2) is 0 Å². The Labute approximate surface area is 89.7 Å². The van der Waals surface area contributed by atoms with Crippen molar-refractivity contribution >= 4 is 11.6 Å². The van der Waals surface area contributed by atoms with Crippen molar-refractivity contribution in [3.8, 4) is 0 Å². The Morgan fingerprint density at radius 2 is 1.79 bits per heavy atom. The van der Waals surface area contributed by atoms with Crippen molar-refractivity contribution in [1.29, 1.82) is 0 Å². The third-order valence-electron chi connectivity index (χ3n) is 2.46. The van der Waals surface area contributed by atoms with Gasteiger partial charge in [-0.3, -0.25) is 0 Å². The second kappa shape index (κ2) is 3.89. The zero-order valence-corrected chi connectivity index (χ0v) is 9.25. The van der Waals surface area contributed by atoms with Gasteiger partial charge in [0.05, 0.1) is 5.54 Å². The molecule has 78 valence electrons. The molecule has 3 N–H and O–H groups in total. The smallest absolute Gasteiger partial charge is 0.153 e. The first-order chi connectivity index (χ1) is 6.33. The van der Waals surface area contributed by atoms with Gasteiger partial charge in [0.25, 0.3) is 0 Å². The predicted octanol–water partition coefficient (Wildman–Crippen LogP) is 1.89. The molecule has 3 heteroatoms. The minimum Gasteiger partial charge on any atom is -0.373 e. The first-order valence-electron chi connectivity index (χ1n) is 4.57. The molecule has 0 aromatic heterocycles. The number of hydrogen-bond acceptors (Lipinski definition) is 2. The molecular formula is C11H16ClNO. The van der Waals surface area contributed by atoms with Crippen molar-refractivity contribution in [1.82, 2.24) is 0 Å². The van der Waals surface area contributed by atoms with Crippen molar-refractivity contribution in [3.05, 3.63) is 35.9 Å². The number of benzene rings is 1. The maximum absolute atomic E-state index is 9.65. The highest BCUT2D eigenvalue weighted by molar-refractivity contribution is 6.23. The molecule has 0 fully saturated rings. The van der Waals surface area contributed by atoms with Crippen LogP contribution >= 0.6 is 11.6 Å². The maximum Gasteiger partial charge on any atom is 0.153 e. The first-order valence-corrected chi connectivity index (χ1v) is 4.95. The van der Waals surface area contributed by atoms with Gasteiger partial charge in [-0.1, -0.05) is 41.9 Å². The Morgan fingerprint density at radius 1 is 1.29 bits per heavy atom. The largest absolute Gasteiger partial charge is 0.373 e. The summed E-state index contributed by atoms with van der Waals surface area (Å²) in [7, 11) is 0. The molecule has 0 aliphatic heterocycles. The summed E-state index contributed by atoms with van der Waals surface area (Å²) in [5.41, 5.74) is 6.17. The molecule has 1 aromatic rings. The molecule has 0 spiro atoms. The standard InChI is InChI=1S/C11H16ClNO/c1-10(13,11(2,12)14)8-9-6-4-3-5-7-9/h3-7,14H,8,13H2,1-2H3. The fourth-order valence-corrected chi connectivity index (χ4v) is 1.25. The summed E-state index contributed by atoms with van der Waals surface area (Å²) < 4.78 is 0. The number of aliphatic hydroxyl groups is 1. The molecule has 0 heterocycles. The molecule has 2 unspecified atom stereocenters. The Bertz CT molecular complexity index is 290. The number of hydrogen-bond donors (Lipinski definition) is 2. The SMILES string of the molecule is CC(O)(Cl)C(C)(N)Cc1ccccc1. The zero-order chi connectivity index (χ0) is 10.8. The zero-order valence-electron chi connectivity index (χ0n) is 8.50. The molecular weight excluding hydrogens is 198 g/mol. The quantitative estimate of drug-likeness (QED) is 0.754. The van der Waals surface area contributed by atoms with E-state index in [-0.39, 0.29) is 0 Å². The number of alkyl halides is 1. The van der Waals surface area contributed by atoms with Crippen LogP contribution in [0.3, 0.4) is 0 Å². The van der Waals surface area contributed by atoms with Crippen LogP contribution in [0.4, 0.5) is 0 Å². The fraction of sp³-hybridized carbons (Fsp3) is 0.455. The third-order valence-corrected chi connectivity index (χ3v) is 2.89. The molecule has 0 radical (unpaired) electrons. The van der Waals surface area contributed by atoms with Crippen LogP contribution in [0, 0.1) is 0 Å². The van der Waals surface area contributed by atoms with Crippen molar-refractivity contribution in [2.45, 2.75) is 30.9 Å². The predicted molar refractivity (Wildman–Crippen MR) is 59.2 cm³/mol. The lowest BCUT2D eigenvalue weighted by molar-refractivity contribution is 0.0682. The van der Waals surface area contributed by atoms with Crippen LogP contribution in [0.2, 0.25) is 0 Å². The van der Waals surface area contributed by atoms with Crippen LogP contribution in [0.1, 0.15) is 19.4 Å². The Balaban J connectivity index is 2.79. The van der Waals surface area contributed by atoms with Crippen LogP contribution in [0.5, 0.6) is 0 Å². The van der Waals surface area contributed by atoms with E-state index in [0.717, 1.165) is 5.56 Å². The molecule has 14 heavy (non-hydrogen) atoms. The van der Waals surface area contributed by atoms with E-state index in [0.29, 0.717) is 6.42 Å². The highest BCUT2D eigenvalue weighted by atomic mass is 35.5. The number of halogens is 1. The highest BCUT2D eigenvalue weighted by Crippen LogP contribution is 2.27. The van der Waals surface area contributed by atoms with E-state index in [4.69, 9.17) is 17.3 Å². The van der Waals surface area contributed by atoms with E-state index in [2.05, 4.69) is 0 Å². The van der Waals surface area contributed by atoms with Crippen LogP contribution in [0.15, 0.2) is 30.3 Å². The molecule has 0 saturated heterocycles. The summed E-state index contributed by atoms with van der Waals surface area (Å²) in [5, 5.41) is 8.25. The fourth-order valence-electron chi connectivity index (χ4n) is 1.18. The van der Waals surface area contributed by atoms with Crippen molar-refractivity contribution < 1.29 is 5.11 Å². The minimum atomic E-state index is -1.40. The lowest BCUT2D eigenvalue weighted by Crippen LogP contribution is -2.55. The molecule has 0 amide bonds. The average Bonchev–Trinajstić information content (AvgIpc) is 2.03. The summed E-state index contributed by atoms with van der Waals surface area (Å²) in [5.74, 6) is 0. The molecule has 0 bridgehead atoms. The van der Waals surface area contributed by atoms with Crippen LogP contribution in [-0.2, 0) is 6.42 Å². The summed E-state index contributed by atoms with van der Waals surface area (Å²) in [6.07, 6.45) is 0.546. The van der Waals surface area contributed by atoms with Gasteiger partial charge in [0.1, 0.15) is 0 Å². The van der Waals surface area contributed by atoms with Crippen LogP contribution in [0.25, 0.3) is 0 Å². The van der Waals surface area contributed by atoms with E-state index in [1.165, 1.54) is 6.92 Å². The Morgan fingerprint density at radius 3 is 2.21 bits per heavy atom. The van der Waals surface area contributed by atoms with Crippen molar-refractivity contribution in [3.63, 3.8) is 0 Å². The monoisotopic (exact) mass is 213 g/mol. The van der Waals surface area contributed by atoms with E-state index < -0.39 is 10.6 Å². The first kappa shape index (κ1) is 11.5. The number of nitrogens with two attached hydrogens (primary N) is 1. The number of rotatable bonds is 3. The Hall–Kier alpha value is -0.570. The molecule has 1 aromatic carbocycles. The van der Waals surface area contributed by atoms with Gasteiger partial charge >= 0.3 is 0 Å². The summed E-state index contributed by atoms with van der Waals surface area (Å²) in [6.45, 7) is 3.25. The normalized spacial score (nSPS) is 19.8. The van der Waals surface area contributed by atoms with Gasteiger partial charge in [0, 0.05) is 0 Å². The van der Waals surface area contributed by atoms with Crippen molar-refractivity contribution in [2.75, 3.05) is 0 Å². The lowest BCUT2D eigenvalue weighted by Gasteiger charge is -2.34. The molecule has 1 rings (SSSR count). The van der Waals surface area contributed by atoms with E-state index >= 15 is 0 Å². The highest BCUT2D eigenvalue weighted by Gasteiger charge is 2.38. The molecule has 0 aliphatic rings. The lowest BCUT2D eigenvalue weighted by atomic mass is 9.89. The Kier molecular flexibility index (Phi) is 3.20. The van der Waals surface area contributed by atoms with Gasteiger partial charge in [-0.05, 0) is 25.8 Å². The summed E-state index contributed by atoms with van der Waals surface area (Å²) >= 11 is 5.81. The van der Waals surface area contributed by atoms with Crippen molar-refractivity contribution in [2.24, 2.45) is 5.73 Å². The van der Waals surface area contributed by atoms with Crippen LogP contribution < -0.4 is 5.73 Å². The topological polar surface area (TPSA) is 46.2 Å². The third kappa shape index (κ3) is 2.71. The summed E-state index contributed by atoms with van der Waals surface area (Å²) in [6, 6.07) is 9.75. The summed E-state index contributed by atoms with van der Waals surface area (Å²) in [4.78, 5) is 0. The molecule has 2 atom stereocenters. The molecule has 2 nitrogen and oxygen atoms in total. The molecule has 0 saturated carbocycles. The van der Waals surface area contributed by atoms with Gasteiger partial charge in [0.2, 0.25) is 0 Å². The minimum absolute atomic E-state index is 0.546. The van der Waals surface area contributed by atoms with Gasteiger partial charge in [0.15, 0.2) is 5.06 Å². The van der Waals surface area contributed by atoms with E-state index in [9.17, 15) is 5.11 Å². The van der Waals surface area contributed by atoms with Gasteiger partial charge in [-0.2, -0.15) is 0 Å². The van der Waals surface area contributed by atoms with Gasteiger partial charge in [-0.15, -0.1) is 0 Å². The van der Waals surface area contributed by atoms with E-state index in [1.54, 1.807) is 6.92 Å².